The Kier molecular flexibility index (Phi) is 23.4. The minimum atomic E-state index is 0. The van der Waals surface area contributed by atoms with Gasteiger partial charge in [0.2, 0.25) is 40.0 Å². The van der Waals surface area contributed by atoms with Gasteiger partial charge in [0.05, 0.1) is 0 Å². The Bertz CT molecular complexity index is 686. The van der Waals surface area contributed by atoms with Crippen molar-refractivity contribution in [1.29, 1.82) is 0 Å². The summed E-state index contributed by atoms with van der Waals surface area (Å²) in [5.74, 6) is 0. The van der Waals surface area contributed by atoms with Crippen LogP contribution in [-0.4, -0.2) is 143 Å². The molecule has 0 aromatic heterocycles. The van der Waals surface area contributed by atoms with Crippen molar-refractivity contribution in [2.24, 2.45) is 0 Å². The van der Waals surface area contributed by atoms with Crippen LogP contribution in [-0.2, 0) is 40.2 Å². The average molecular weight is 965 g/mol. The van der Waals surface area contributed by atoms with E-state index in [1.807, 2.05) is 218 Å². The molecule has 0 unspecified atom stereocenters. The molecule has 44 heavy (non-hydrogen) atoms. The maximum absolute atomic E-state index is 2.97. The van der Waals surface area contributed by atoms with Gasteiger partial charge in [-0.2, -0.15) is 0 Å². The number of hydrogen-bond donors (Lipinski definition) is 0. The SMILES string of the molecule is CN1[C]N(C)C=C1.CN1[C]N(C)C=C1.CN1[C]N(C)C=C1.CN1[C]N(C)C=C1.CN1[C]N(C)C=C1.CN1[C]N(C)C=C1.[H-].[H-].[H-].[H-].[Ir+3].[Ir+3]. The van der Waals surface area contributed by atoms with Crippen LogP contribution in [0, 0.1) is 40.0 Å². The summed E-state index contributed by atoms with van der Waals surface area (Å²) in [4.78, 5) is 22.5. The van der Waals surface area contributed by atoms with Crippen molar-refractivity contribution in [3.05, 3.63) is 114 Å². The molecule has 0 fully saturated rings. The number of hydrogen-bond acceptors (Lipinski definition) is 12. The molecule has 0 spiro atoms. The van der Waals surface area contributed by atoms with Gasteiger partial charge in [-0.1, -0.05) is 0 Å². The maximum atomic E-state index is 2.97. The molecule has 0 aromatic carbocycles. The quantitative estimate of drug-likeness (QED) is 0.359. The molecule has 0 saturated heterocycles. The van der Waals surface area contributed by atoms with Crippen LogP contribution in [0.4, 0.5) is 0 Å². The van der Waals surface area contributed by atoms with Gasteiger partial charge in [0.15, 0.2) is 0 Å². The molecule has 248 valence electrons. The van der Waals surface area contributed by atoms with E-state index < -0.39 is 0 Å². The van der Waals surface area contributed by atoms with Crippen LogP contribution < -0.4 is 0 Å². The third kappa shape index (κ3) is 21.9. The van der Waals surface area contributed by atoms with Crippen molar-refractivity contribution in [1.82, 2.24) is 58.8 Å². The fourth-order valence-corrected chi connectivity index (χ4v) is 3.09. The topological polar surface area (TPSA) is 38.9 Å². The van der Waals surface area contributed by atoms with Crippen LogP contribution in [0.5, 0.6) is 0 Å². The van der Waals surface area contributed by atoms with E-state index in [2.05, 4.69) is 40.0 Å². The Morgan fingerprint density at radius 2 is 0.295 bits per heavy atom. The van der Waals surface area contributed by atoms with E-state index in [-0.39, 0.29) is 45.9 Å². The zero-order valence-electron chi connectivity index (χ0n) is 32.0. The molecule has 0 atom stereocenters. The fourth-order valence-electron chi connectivity index (χ4n) is 3.09. The van der Waals surface area contributed by atoms with Gasteiger partial charge >= 0.3 is 40.2 Å². The summed E-state index contributed by atoms with van der Waals surface area (Å²) in [6, 6.07) is 0. The summed E-state index contributed by atoms with van der Waals surface area (Å²) < 4.78 is 0. The van der Waals surface area contributed by atoms with Gasteiger partial charge in [-0.15, -0.1) is 0 Å². The third-order valence-corrected chi connectivity index (χ3v) is 4.98. The zero-order valence-corrected chi connectivity index (χ0v) is 32.8. The smallest absolute Gasteiger partial charge is 1.00 e. The predicted octanol–water partition coefficient (Wildman–Crippen LogP) is 2.43. The maximum Gasteiger partial charge on any atom is 3.00 e. The van der Waals surface area contributed by atoms with Crippen LogP contribution >= 0.6 is 0 Å². The molecule has 0 saturated carbocycles. The number of rotatable bonds is 0. The Labute approximate surface area is 302 Å². The minimum Gasteiger partial charge on any atom is -1.00 e. The van der Waals surface area contributed by atoms with Crippen LogP contribution in [0.25, 0.3) is 0 Å². The second-order valence-corrected chi connectivity index (χ2v) is 9.72. The Balaban J connectivity index is -0.000000108. The van der Waals surface area contributed by atoms with Crippen LogP contribution in [0.15, 0.2) is 74.4 Å². The third-order valence-electron chi connectivity index (χ3n) is 4.98. The first-order chi connectivity index (χ1) is 19.7. The molecular formula is C30H52Ir2N12+2. The van der Waals surface area contributed by atoms with Crippen LogP contribution in [0.3, 0.4) is 0 Å². The second-order valence-electron chi connectivity index (χ2n) is 9.72. The summed E-state index contributed by atoms with van der Waals surface area (Å²) >= 11 is 0. The minimum absolute atomic E-state index is 0. The van der Waals surface area contributed by atoms with Crippen molar-refractivity contribution >= 4 is 0 Å². The summed E-state index contributed by atoms with van der Waals surface area (Å²) in [7, 11) is 23.3. The van der Waals surface area contributed by atoms with E-state index in [4.69, 9.17) is 0 Å². The van der Waals surface area contributed by atoms with E-state index in [1.54, 1.807) is 0 Å². The first-order valence-corrected chi connectivity index (χ1v) is 13.1. The molecule has 12 radical (unpaired) electrons. The van der Waals surface area contributed by atoms with Crippen molar-refractivity contribution in [2.45, 2.75) is 0 Å². The van der Waals surface area contributed by atoms with Gasteiger partial charge in [0.1, 0.15) is 0 Å². The van der Waals surface area contributed by atoms with Gasteiger partial charge in [-0.25, -0.2) is 0 Å². The number of nitrogens with zero attached hydrogens (tertiary/aromatic N) is 12. The summed E-state index contributed by atoms with van der Waals surface area (Å²) in [6.45, 7) is 17.8. The van der Waals surface area contributed by atoms with Crippen molar-refractivity contribution < 1.29 is 45.9 Å². The van der Waals surface area contributed by atoms with Crippen LogP contribution in [0.1, 0.15) is 5.71 Å². The zero-order chi connectivity index (χ0) is 31.7. The molecule has 0 aromatic rings. The van der Waals surface area contributed by atoms with E-state index in [9.17, 15) is 0 Å². The monoisotopic (exact) mass is 966 g/mol. The molecular weight excluding hydrogens is 913 g/mol. The largest absolute Gasteiger partial charge is 3.00 e. The predicted molar refractivity (Wildman–Crippen MR) is 172 cm³/mol. The molecule has 6 rings (SSSR count). The standard InChI is InChI=1S/6C5H8N2.2Ir.4H/c6*1-6-3-4-7(2)5-6;;;;;;/h6*3-4H,1-2H3;;;;;;/q;;;;;;2*+3;4*-1. The molecule has 6 heterocycles. The van der Waals surface area contributed by atoms with Gasteiger partial charge in [0, 0.05) is 159 Å². The summed E-state index contributed by atoms with van der Waals surface area (Å²) in [6.07, 6.45) is 23.3. The van der Waals surface area contributed by atoms with Gasteiger partial charge in [0.25, 0.3) is 0 Å². The Morgan fingerprint density at radius 1 is 0.227 bits per heavy atom. The summed E-state index contributed by atoms with van der Waals surface area (Å²) in [5.41, 5.74) is 0. The normalized spacial score (nSPS) is 18.3. The molecule has 14 heteroatoms. The van der Waals surface area contributed by atoms with Crippen LogP contribution in [0.2, 0.25) is 0 Å². The molecule has 0 bridgehead atoms. The van der Waals surface area contributed by atoms with Gasteiger partial charge < -0.3 is 64.5 Å². The molecule has 0 aliphatic carbocycles. The van der Waals surface area contributed by atoms with E-state index >= 15 is 0 Å². The van der Waals surface area contributed by atoms with Crippen molar-refractivity contribution in [3.8, 4) is 0 Å². The van der Waals surface area contributed by atoms with Crippen molar-refractivity contribution in [2.75, 3.05) is 84.6 Å². The van der Waals surface area contributed by atoms with E-state index in [0.717, 1.165) is 0 Å². The first kappa shape index (κ1) is 43.5. The molecule has 6 aliphatic heterocycles. The van der Waals surface area contributed by atoms with Crippen molar-refractivity contribution in [3.63, 3.8) is 0 Å². The fraction of sp³-hybridized carbons (Fsp3) is 0.400. The average Bonchev–Trinajstić information content (AvgIpc) is 3.76. The molecule has 12 nitrogen and oxygen atoms in total. The first-order valence-electron chi connectivity index (χ1n) is 13.1. The van der Waals surface area contributed by atoms with E-state index in [0.29, 0.717) is 0 Å². The molecule has 6 aliphatic rings. The molecule has 0 N–H and O–H groups in total. The van der Waals surface area contributed by atoms with E-state index in [1.165, 1.54) is 0 Å². The molecule has 0 amide bonds. The second kappa shape index (κ2) is 23.7. The Hall–Kier alpha value is -2.66. The van der Waals surface area contributed by atoms with Gasteiger partial charge in [-0.3, -0.25) is 0 Å². The Morgan fingerprint density at radius 3 is 0.318 bits per heavy atom. The van der Waals surface area contributed by atoms with Gasteiger partial charge in [-0.05, 0) is 0 Å². The summed E-state index contributed by atoms with van der Waals surface area (Å²) in [5, 5.41) is 0.